The Hall–Kier alpha value is -1.28. The van der Waals surface area contributed by atoms with Crippen LogP contribution in [0.15, 0.2) is 36.5 Å². The zero-order valence-corrected chi connectivity index (χ0v) is 41.8. The number of phosphoric ester groups is 1. The number of aliphatic hydroxyl groups excluding tert-OH is 1. The van der Waals surface area contributed by atoms with Crippen LogP contribution in [0.5, 0.6) is 0 Å². The minimum Gasteiger partial charge on any atom is -0.756 e. The summed E-state index contributed by atoms with van der Waals surface area (Å²) in [6, 6.07) is -0.883. The fourth-order valence-electron chi connectivity index (χ4n) is 7.48. The molecule has 9 heteroatoms. The van der Waals surface area contributed by atoms with E-state index in [9.17, 15) is 19.4 Å². The Morgan fingerprint density at radius 3 is 1.36 bits per heavy atom. The molecular weight excluding hydrogens is 780 g/mol. The normalized spacial score (nSPS) is 14.4. The van der Waals surface area contributed by atoms with E-state index in [0.717, 1.165) is 44.9 Å². The maximum Gasteiger partial charge on any atom is 0.268 e. The van der Waals surface area contributed by atoms with Gasteiger partial charge >= 0.3 is 0 Å². The first-order valence-corrected chi connectivity index (χ1v) is 27.3. The number of likely N-dealkylation sites (N-methyl/N-ethyl adjacent to an activating group) is 1. The van der Waals surface area contributed by atoms with Gasteiger partial charge in [-0.15, -0.1) is 0 Å². The number of amides is 1. The number of phosphoric acid groups is 1. The highest BCUT2D eigenvalue weighted by Gasteiger charge is 2.23. The third kappa shape index (κ3) is 46.5. The van der Waals surface area contributed by atoms with Gasteiger partial charge in [0.05, 0.1) is 39.9 Å². The Kier molecular flexibility index (Phi) is 43.0. The van der Waals surface area contributed by atoms with Crippen LogP contribution in [0.3, 0.4) is 0 Å². The van der Waals surface area contributed by atoms with E-state index in [0.29, 0.717) is 17.4 Å². The van der Waals surface area contributed by atoms with Gasteiger partial charge in [0, 0.05) is 6.42 Å². The SMILES string of the molecule is CCCCCCC/C=C\C/C=C\CCCCCCCCCCCCCCCCCCCC(=O)NC(COP(=O)([O-])OCC[N+](C)(C)C)C(O)/C=C/CCCCCCCCCC. The maximum absolute atomic E-state index is 12.9. The molecule has 0 aliphatic rings. The second-order valence-corrected chi connectivity index (χ2v) is 20.3. The molecule has 1 amide bonds. The van der Waals surface area contributed by atoms with Crippen LogP contribution < -0.4 is 10.2 Å². The van der Waals surface area contributed by atoms with Crippen LogP contribution in [0, 0.1) is 0 Å². The fourth-order valence-corrected chi connectivity index (χ4v) is 8.20. The van der Waals surface area contributed by atoms with Crippen molar-refractivity contribution in [1.82, 2.24) is 5.32 Å². The number of carbonyl (C=O) groups is 1. The lowest BCUT2D eigenvalue weighted by Crippen LogP contribution is -2.45. The van der Waals surface area contributed by atoms with E-state index in [1.807, 2.05) is 27.2 Å². The van der Waals surface area contributed by atoms with Crippen LogP contribution >= 0.6 is 7.82 Å². The number of unbranched alkanes of at least 4 members (excludes halogenated alkanes) is 30. The predicted molar refractivity (Wildman–Crippen MR) is 261 cm³/mol. The van der Waals surface area contributed by atoms with E-state index in [-0.39, 0.29) is 19.1 Å². The molecule has 0 saturated heterocycles. The van der Waals surface area contributed by atoms with Crippen molar-refractivity contribution in [3.8, 4) is 0 Å². The predicted octanol–water partition coefficient (Wildman–Crippen LogP) is 14.4. The smallest absolute Gasteiger partial charge is 0.268 e. The van der Waals surface area contributed by atoms with Gasteiger partial charge < -0.3 is 28.8 Å². The van der Waals surface area contributed by atoms with Gasteiger partial charge in [-0.05, 0) is 51.4 Å². The van der Waals surface area contributed by atoms with Crippen molar-refractivity contribution in [2.45, 2.75) is 251 Å². The quantitative estimate of drug-likeness (QED) is 0.0273. The molecule has 0 radical (unpaired) electrons. The summed E-state index contributed by atoms with van der Waals surface area (Å²) in [5, 5.41) is 13.8. The number of quaternary nitrogens is 1. The second-order valence-electron chi connectivity index (χ2n) is 18.9. The number of nitrogens with zero attached hydrogens (tertiary/aromatic N) is 1. The van der Waals surface area contributed by atoms with E-state index in [2.05, 4.69) is 43.5 Å². The van der Waals surface area contributed by atoms with E-state index < -0.39 is 20.0 Å². The largest absolute Gasteiger partial charge is 0.756 e. The highest BCUT2D eigenvalue weighted by molar-refractivity contribution is 7.45. The second kappa shape index (κ2) is 43.9. The number of rotatable bonds is 47. The molecule has 0 aliphatic carbocycles. The van der Waals surface area contributed by atoms with Gasteiger partial charge in [-0.2, -0.15) is 0 Å². The molecule has 2 N–H and O–H groups in total. The summed E-state index contributed by atoms with van der Waals surface area (Å²) in [5.74, 6) is -0.198. The third-order valence-corrected chi connectivity index (χ3v) is 12.6. The standard InChI is InChI=1S/C52H101N2O6P/c1-6-8-10-12-14-16-18-19-20-21-22-23-24-25-26-27-28-29-30-31-32-33-34-35-36-38-40-42-44-46-52(56)53-50(49-60-61(57,58)59-48-47-54(3,4)5)51(55)45-43-41-39-37-17-15-13-11-9-7-2/h18-19,21-22,43,45,50-51,55H,6-17,20,23-42,44,46-49H2,1-5H3,(H-,53,56,57,58)/b19-18-,22-21-,45-43+. The molecule has 8 nitrogen and oxygen atoms in total. The first-order chi connectivity index (χ1) is 29.5. The van der Waals surface area contributed by atoms with Crippen LogP contribution in [0.2, 0.25) is 0 Å². The number of allylic oxidation sites excluding steroid dienone is 5. The molecule has 0 fully saturated rings. The Morgan fingerprint density at radius 2 is 0.951 bits per heavy atom. The summed E-state index contributed by atoms with van der Waals surface area (Å²) in [7, 11) is 1.26. The van der Waals surface area contributed by atoms with Crippen molar-refractivity contribution >= 4 is 13.7 Å². The Morgan fingerprint density at radius 1 is 0.574 bits per heavy atom. The number of carbonyl (C=O) groups excluding carboxylic acids is 1. The van der Waals surface area contributed by atoms with Crippen LogP contribution in [-0.2, 0) is 18.4 Å². The fraction of sp³-hybridized carbons (Fsp3) is 0.865. The molecule has 0 heterocycles. The molecule has 3 atom stereocenters. The van der Waals surface area contributed by atoms with E-state index in [1.54, 1.807) is 6.08 Å². The first-order valence-electron chi connectivity index (χ1n) is 25.9. The van der Waals surface area contributed by atoms with E-state index >= 15 is 0 Å². The lowest BCUT2D eigenvalue weighted by molar-refractivity contribution is -0.870. The third-order valence-electron chi connectivity index (χ3n) is 11.6. The van der Waals surface area contributed by atoms with Gasteiger partial charge in [0.25, 0.3) is 7.82 Å². The lowest BCUT2D eigenvalue weighted by atomic mass is 10.0. The average molecular weight is 881 g/mol. The van der Waals surface area contributed by atoms with Crippen molar-refractivity contribution < 1.29 is 32.9 Å². The molecule has 360 valence electrons. The van der Waals surface area contributed by atoms with Crippen LogP contribution in [0.1, 0.15) is 239 Å². The van der Waals surface area contributed by atoms with Gasteiger partial charge in [0.1, 0.15) is 13.2 Å². The number of aliphatic hydroxyl groups is 1. The summed E-state index contributed by atoms with van der Waals surface area (Å²) >= 11 is 0. The van der Waals surface area contributed by atoms with Gasteiger partial charge in [0.15, 0.2) is 0 Å². The van der Waals surface area contributed by atoms with Crippen LogP contribution in [0.25, 0.3) is 0 Å². The Balaban J connectivity index is 4.04. The van der Waals surface area contributed by atoms with E-state index in [1.165, 1.54) is 173 Å². The number of nitrogens with one attached hydrogen (secondary N) is 1. The zero-order valence-electron chi connectivity index (χ0n) is 40.9. The molecule has 0 aromatic carbocycles. The van der Waals surface area contributed by atoms with Crippen molar-refractivity contribution in [3.05, 3.63) is 36.5 Å². The van der Waals surface area contributed by atoms with Gasteiger partial charge in [-0.1, -0.05) is 217 Å². The summed E-state index contributed by atoms with van der Waals surface area (Å²) in [4.78, 5) is 25.3. The van der Waals surface area contributed by atoms with Gasteiger partial charge in [-0.3, -0.25) is 9.36 Å². The molecule has 3 unspecified atom stereocenters. The topological polar surface area (TPSA) is 108 Å². The molecule has 0 spiro atoms. The molecule has 0 saturated carbocycles. The lowest BCUT2D eigenvalue weighted by Gasteiger charge is -2.29. The van der Waals surface area contributed by atoms with Crippen LogP contribution in [0.4, 0.5) is 0 Å². The summed E-state index contributed by atoms with van der Waals surface area (Å²) in [6.07, 6.45) is 55.1. The monoisotopic (exact) mass is 881 g/mol. The molecular formula is C52H101N2O6P. The highest BCUT2D eigenvalue weighted by atomic mass is 31.2. The Labute approximate surface area is 378 Å². The average Bonchev–Trinajstić information content (AvgIpc) is 3.21. The summed E-state index contributed by atoms with van der Waals surface area (Å²) in [5.41, 5.74) is 0. The summed E-state index contributed by atoms with van der Waals surface area (Å²) in [6.45, 7) is 4.62. The highest BCUT2D eigenvalue weighted by Crippen LogP contribution is 2.38. The minimum atomic E-state index is -4.58. The number of hydrogen-bond acceptors (Lipinski definition) is 6. The van der Waals surface area contributed by atoms with Crippen molar-refractivity contribution in [3.63, 3.8) is 0 Å². The molecule has 0 aliphatic heterocycles. The molecule has 0 bridgehead atoms. The van der Waals surface area contributed by atoms with Crippen molar-refractivity contribution in [2.75, 3.05) is 40.9 Å². The summed E-state index contributed by atoms with van der Waals surface area (Å²) < 4.78 is 23.2. The Bertz CT molecular complexity index is 1090. The molecule has 0 aromatic rings. The molecule has 61 heavy (non-hydrogen) atoms. The number of hydrogen-bond donors (Lipinski definition) is 2. The minimum absolute atomic E-state index is 0.000225. The zero-order chi connectivity index (χ0) is 45.0. The van der Waals surface area contributed by atoms with Gasteiger partial charge in [0.2, 0.25) is 5.91 Å². The van der Waals surface area contributed by atoms with Gasteiger partial charge in [-0.25, -0.2) is 0 Å². The maximum atomic E-state index is 12.9. The molecule has 0 rings (SSSR count). The van der Waals surface area contributed by atoms with Crippen molar-refractivity contribution in [1.29, 1.82) is 0 Å². The molecule has 0 aromatic heterocycles. The first kappa shape index (κ1) is 59.7. The van der Waals surface area contributed by atoms with Crippen molar-refractivity contribution in [2.24, 2.45) is 0 Å². The van der Waals surface area contributed by atoms with E-state index in [4.69, 9.17) is 9.05 Å². The van der Waals surface area contributed by atoms with Crippen LogP contribution in [-0.4, -0.2) is 68.5 Å².